The molecule has 0 radical (unpaired) electrons. The van der Waals surface area contributed by atoms with Crippen LogP contribution in [0.2, 0.25) is 0 Å². The number of aliphatic hydroxyl groups is 1. The molecule has 112 valence electrons. The highest BCUT2D eigenvalue weighted by atomic mass is 19.1. The van der Waals surface area contributed by atoms with Gasteiger partial charge in [0.2, 0.25) is 0 Å². The van der Waals surface area contributed by atoms with Gasteiger partial charge in [-0.25, -0.2) is 14.2 Å². The minimum absolute atomic E-state index is 0.405. The highest BCUT2D eigenvalue weighted by Crippen LogP contribution is 2.38. The van der Waals surface area contributed by atoms with E-state index in [1.165, 1.54) is 23.3 Å². The minimum atomic E-state index is -1.58. The van der Waals surface area contributed by atoms with E-state index in [-0.39, 0.29) is 0 Å². The fraction of sp³-hybridized carbons (Fsp3) is 0.417. The second-order valence-corrected chi connectivity index (χ2v) is 4.71. The van der Waals surface area contributed by atoms with Crippen LogP contribution in [0.4, 0.5) is 4.39 Å². The number of aromatic nitrogens is 4. The van der Waals surface area contributed by atoms with E-state index in [0.717, 1.165) is 10.6 Å². The predicted octanol–water partition coefficient (Wildman–Crippen LogP) is -0.798. The number of aromatic amines is 1. The fourth-order valence-corrected chi connectivity index (χ4v) is 2.51. The van der Waals surface area contributed by atoms with Gasteiger partial charge in [0, 0.05) is 24.7 Å². The van der Waals surface area contributed by atoms with Crippen molar-refractivity contribution >= 4 is 0 Å². The molecular formula is C12H13FN4O4. The molecule has 2 aromatic heterocycles. The molecule has 21 heavy (non-hydrogen) atoms. The normalized spacial score (nSPS) is 28.9. The molecule has 2 aromatic rings. The molecule has 8 nitrogen and oxygen atoms in total. The average molecular weight is 296 g/mol. The first-order valence-electron chi connectivity index (χ1n) is 6.31. The molecule has 3 rings (SSSR count). The van der Waals surface area contributed by atoms with Crippen LogP contribution in [0, 0.1) is 0 Å². The van der Waals surface area contributed by atoms with Gasteiger partial charge >= 0.3 is 5.69 Å². The number of H-pyrrole nitrogens is 1. The van der Waals surface area contributed by atoms with Crippen LogP contribution in [0.15, 0.2) is 40.6 Å². The Morgan fingerprint density at radius 1 is 1.43 bits per heavy atom. The number of ether oxygens (including phenoxy) is 1. The van der Waals surface area contributed by atoms with Gasteiger partial charge in [0.15, 0.2) is 12.4 Å². The maximum atomic E-state index is 14.7. The minimum Gasteiger partial charge on any atom is -0.394 e. The van der Waals surface area contributed by atoms with Crippen LogP contribution in [-0.4, -0.2) is 43.1 Å². The molecule has 3 heterocycles. The quantitative estimate of drug-likeness (QED) is 0.772. The Labute approximate surface area is 117 Å². The van der Waals surface area contributed by atoms with Crippen molar-refractivity contribution in [2.24, 2.45) is 0 Å². The Balaban J connectivity index is 1.98. The molecule has 0 aliphatic carbocycles. The smallest absolute Gasteiger partial charge is 0.330 e. The first-order chi connectivity index (χ1) is 10.1. The van der Waals surface area contributed by atoms with Crippen LogP contribution < -0.4 is 11.2 Å². The number of hydrogen-bond donors (Lipinski definition) is 2. The standard InChI is InChI=1S/C12H13FN4O4/c13-9-10(16-4-2-14-6-16)7(5-18)21-11(9)17-3-1-8(19)15-12(17)20/h1-4,6-7,9-11,18H,5H2,(H,15,19,20)/t7-,9-,10-,11-/m1/s1. The second kappa shape index (κ2) is 5.26. The first-order valence-corrected chi connectivity index (χ1v) is 6.31. The van der Waals surface area contributed by atoms with Crippen LogP contribution in [-0.2, 0) is 4.74 Å². The van der Waals surface area contributed by atoms with E-state index in [1.54, 1.807) is 6.20 Å². The van der Waals surface area contributed by atoms with Crippen molar-refractivity contribution in [3.8, 4) is 0 Å². The summed E-state index contributed by atoms with van der Waals surface area (Å²) in [4.78, 5) is 28.7. The van der Waals surface area contributed by atoms with Crippen LogP contribution >= 0.6 is 0 Å². The molecule has 9 heteroatoms. The molecule has 1 saturated heterocycles. The third-order valence-corrected chi connectivity index (χ3v) is 3.47. The van der Waals surface area contributed by atoms with Crippen LogP contribution in [0.3, 0.4) is 0 Å². The largest absolute Gasteiger partial charge is 0.394 e. The van der Waals surface area contributed by atoms with Gasteiger partial charge < -0.3 is 14.4 Å². The lowest BCUT2D eigenvalue weighted by molar-refractivity contribution is -0.0419. The SMILES string of the molecule is O=c1ccn([C@@H]2O[C@H](CO)[C@@H](n3ccnc3)[C@H]2F)c(=O)[nH]1. The zero-order valence-corrected chi connectivity index (χ0v) is 10.8. The Bertz CT molecular complexity index is 725. The third kappa shape index (κ3) is 2.30. The molecule has 0 spiro atoms. The lowest BCUT2D eigenvalue weighted by Crippen LogP contribution is -2.35. The Morgan fingerprint density at radius 2 is 2.24 bits per heavy atom. The van der Waals surface area contributed by atoms with Crippen LogP contribution in [0.25, 0.3) is 0 Å². The summed E-state index contributed by atoms with van der Waals surface area (Å²) in [6.07, 6.45) is 2.00. The monoisotopic (exact) mass is 296 g/mol. The van der Waals surface area contributed by atoms with Crippen molar-refractivity contribution in [3.63, 3.8) is 0 Å². The fourth-order valence-electron chi connectivity index (χ4n) is 2.51. The van der Waals surface area contributed by atoms with E-state index in [4.69, 9.17) is 4.74 Å². The van der Waals surface area contributed by atoms with E-state index < -0.39 is 42.4 Å². The molecule has 1 aliphatic heterocycles. The Kier molecular flexibility index (Phi) is 3.43. The zero-order valence-electron chi connectivity index (χ0n) is 10.8. The van der Waals surface area contributed by atoms with E-state index in [2.05, 4.69) is 4.98 Å². The van der Waals surface area contributed by atoms with E-state index in [0.29, 0.717) is 0 Å². The summed E-state index contributed by atoms with van der Waals surface area (Å²) in [5.74, 6) is 0. The van der Waals surface area contributed by atoms with E-state index in [9.17, 15) is 19.1 Å². The molecule has 0 bridgehead atoms. The summed E-state index contributed by atoms with van der Waals surface area (Å²) in [5.41, 5.74) is -1.34. The topological polar surface area (TPSA) is 102 Å². The van der Waals surface area contributed by atoms with Crippen molar-refractivity contribution in [1.29, 1.82) is 0 Å². The van der Waals surface area contributed by atoms with Gasteiger partial charge in [0.25, 0.3) is 5.56 Å². The number of hydrogen-bond acceptors (Lipinski definition) is 5. The van der Waals surface area contributed by atoms with Gasteiger partial charge in [-0.2, -0.15) is 0 Å². The number of nitrogens with zero attached hydrogens (tertiary/aromatic N) is 3. The van der Waals surface area contributed by atoms with Gasteiger partial charge in [-0.3, -0.25) is 14.3 Å². The summed E-state index contributed by atoms with van der Waals surface area (Å²) in [7, 11) is 0. The molecule has 0 unspecified atom stereocenters. The first kappa shape index (κ1) is 13.7. The van der Waals surface area contributed by atoms with Crippen molar-refractivity contribution in [2.75, 3.05) is 6.61 Å². The number of rotatable bonds is 3. The third-order valence-electron chi connectivity index (χ3n) is 3.47. The second-order valence-electron chi connectivity index (χ2n) is 4.71. The highest BCUT2D eigenvalue weighted by molar-refractivity contribution is 4.98. The molecule has 2 N–H and O–H groups in total. The van der Waals surface area contributed by atoms with Crippen LogP contribution in [0.1, 0.15) is 12.3 Å². The molecule has 4 atom stereocenters. The molecule has 1 fully saturated rings. The molecule has 0 amide bonds. The van der Waals surface area contributed by atoms with Gasteiger partial charge in [-0.05, 0) is 0 Å². The predicted molar refractivity (Wildman–Crippen MR) is 68.5 cm³/mol. The van der Waals surface area contributed by atoms with Gasteiger partial charge in [-0.15, -0.1) is 0 Å². The summed E-state index contributed by atoms with van der Waals surface area (Å²) >= 11 is 0. The number of halogens is 1. The van der Waals surface area contributed by atoms with Crippen molar-refractivity contribution in [3.05, 3.63) is 51.8 Å². The van der Waals surface area contributed by atoms with Crippen molar-refractivity contribution in [2.45, 2.75) is 24.5 Å². The highest BCUT2D eigenvalue weighted by Gasteiger charge is 2.47. The molecule has 0 saturated carbocycles. The maximum Gasteiger partial charge on any atom is 0.330 e. The number of imidazole rings is 1. The van der Waals surface area contributed by atoms with Crippen LogP contribution in [0.5, 0.6) is 0 Å². The summed E-state index contributed by atoms with van der Waals surface area (Å²) in [5, 5.41) is 9.36. The molecular weight excluding hydrogens is 283 g/mol. The summed E-state index contributed by atoms with van der Waals surface area (Å²) in [6, 6.07) is 0.303. The average Bonchev–Trinajstić information content (AvgIpc) is 3.06. The van der Waals surface area contributed by atoms with Crippen molar-refractivity contribution in [1.82, 2.24) is 19.1 Å². The van der Waals surface area contributed by atoms with Crippen molar-refractivity contribution < 1.29 is 14.2 Å². The molecule has 0 aromatic carbocycles. The Morgan fingerprint density at radius 3 is 2.86 bits per heavy atom. The number of aliphatic hydroxyl groups excluding tert-OH is 1. The Hall–Kier alpha value is -2.26. The molecule has 1 aliphatic rings. The lowest BCUT2D eigenvalue weighted by Gasteiger charge is -2.18. The zero-order chi connectivity index (χ0) is 15.0. The maximum absolute atomic E-state index is 14.7. The lowest BCUT2D eigenvalue weighted by atomic mass is 10.1. The van der Waals surface area contributed by atoms with E-state index >= 15 is 0 Å². The summed E-state index contributed by atoms with van der Waals surface area (Å²) in [6.45, 7) is -0.405. The van der Waals surface area contributed by atoms with E-state index in [1.807, 2.05) is 4.98 Å². The van der Waals surface area contributed by atoms with Gasteiger partial charge in [-0.1, -0.05) is 0 Å². The van der Waals surface area contributed by atoms with Gasteiger partial charge in [0.05, 0.1) is 19.0 Å². The summed E-state index contributed by atoms with van der Waals surface area (Å²) < 4.78 is 22.6. The number of nitrogens with one attached hydrogen (secondary N) is 1. The number of alkyl halides is 1. The van der Waals surface area contributed by atoms with Gasteiger partial charge in [0.1, 0.15) is 6.10 Å².